The highest BCUT2D eigenvalue weighted by atomic mass is 16.6. The van der Waals surface area contributed by atoms with E-state index in [0.717, 1.165) is 76.1 Å². The van der Waals surface area contributed by atoms with E-state index in [1.165, 1.54) is 0 Å². The normalized spacial score (nSPS) is 18.5. The van der Waals surface area contributed by atoms with Crippen molar-refractivity contribution >= 4 is 5.91 Å². The molecule has 7 nitrogen and oxygen atoms in total. The molecule has 7 heteroatoms. The smallest absolute Gasteiger partial charge is 0.224 e. The fourth-order valence-electron chi connectivity index (χ4n) is 4.43. The molecule has 0 aromatic heterocycles. The van der Waals surface area contributed by atoms with Gasteiger partial charge in [-0.25, -0.2) is 0 Å². The molecule has 0 bridgehead atoms. The van der Waals surface area contributed by atoms with E-state index in [-0.39, 0.29) is 5.91 Å². The zero-order chi connectivity index (χ0) is 22.1. The number of hydrogen-bond donors (Lipinski definition) is 2. The van der Waals surface area contributed by atoms with Crippen molar-refractivity contribution in [1.82, 2.24) is 4.90 Å². The summed E-state index contributed by atoms with van der Waals surface area (Å²) in [6, 6.07) is 3.72. The number of carbonyl (C=O) groups excluding carboxylic acids is 1. The first-order chi connectivity index (χ1) is 15.1. The van der Waals surface area contributed by atoms with Gasteiger partial charge in [0, 0.05) is 13.1 Å². The van der Waals surface area contributed by atoms with E-state index in [2.05, 4.69) is 11.8 Å². The summed E-state index contributed by atoms with van der Waals surface area (Å²) in [5, 5.41) is 11.1. The van der Waals surface area contributed by atoms with Gasteiger partial charge in [-0.15, -0.1) is 0 Å². The van der Waals surface area contributed by atoms with E-state index < -0.39 is 12.0 Å². The van der Waals surface area contributed by atoms with Crippen LogP contribution >= 0.6 is 0 Å². The van der Waals surface area contributed by atoms with Crippen molar-refractivity contribution in [3.63, 3.8) is 0 Å². The number of aliphatic hydroxyl groups excluding tert-OH is 1. The molecule has 2 heterocycles. The summed E-state index contributed by atoms with van der Waals surface area (Å²) in [5.41, 5.74) is 7.34. The number of primary amides is 1. The van der Waals surface area contributed by atoms with Crippen LogP contribution in [0.2, 0.25) is 0 Å². The van der Waals surface area contributed by atoms with E-state index in [9.17, 15) is 9.90 Å². The second-order valence-corrected chi connectivity index (χ2v) is 8.54. The summed E-state index contributed by atoms with van der Waals surface area (Å²) in [4.78, 5) is 14.7. The SMILES string of the molecule is CCCCCCC(C(N)=O)c1cc2c(cc1C(O)CCCN1CCOCC1)OCCO2. The molecule has 2 aliphatic rings. The van der Waals surface area contributed by atoms with Crippen LogP contribution < -0.4 is 15.2 Å². The maximum Gasteiger partial charge on any atom is 0.224 e. The quantitative estimate of drug-likeness (QED) is 0.491. The van der Waals surface area contributed by atoms with E-state index in [1.54, 1.807) is 0 Å². The van der Waals surface area contributed by atoms with Gasteiger partial charge in [-0.3, -0.25) is 9.69 Å². The van der Waals surface area contributed by atoms with Gasteiger partial charge >= 0.3 is 0 Å². The predicted molar refractivity (Wildman–Crippen MR) is 120 cm³/mol. The zero-order valence-corrected chi connectivity index (χ0v) is 18.8. The Kier molecular flexibility index (Phi) is 9.43. The number of amides is 1. The molecule has 0 saturated carbocycles. The van der Waals surface area contributed by atoms with Gasteiger partial charge in [-0.2, -0.15) is 0 Å². The molecular formula is C24H38N2O5. The van der Waals surface area contributed by atoms with Crippen molar-refractivity contribution < 1.29 is 24.1 Å². The highest BCUT2D eigenvalue weighted by molar-refractivity contribution is 5.82. The molecule has 1 amide bonds. The number of carbonyl (C=O) groups is 1. The number of unbranched alkanes of at least 4 members (excludes halogenated alkanes) is 3. The number of morpholine rings is 1. The molecular weight excluding hydrogens is 396 g/mol. The van der Waals surface area contributed by atoms with E-state index in [0.29, 0.717) is 37.6 Å². The molecule has 1 fully saturated rings. The molecule has 2 unspecified atom stereocenters. The Bertz CT molecular complexity index is 705. The van der Waals surface area contributed by atoms with Gasteiger partial charge in [0.15, 0.2) is 11.5 Å². The molecule has 0 aliphatic carbocycles. The molecule has 3 rings (SSSR count). The van der Waals surface area contributed by atoms with Crippen LogP contribution in [0.3, 0.4) is 0 Å². The second kappa shape index (κ2) is 12.3. The van der Waals surface area contributed by atoms with Crippen LogP contribution in [0.4, 0.5) is 0 Å². The molecule has 0 radical (unpaired) electrons. The Hall–Kier alpha value is -1.83. The average Bonchev–Trinajstić information content (AvgIpc) is 2.78. The van der Waals surface area contributed by atoms with Crippen LogP contribution in [0.5, 0.6) is 11.5 Å². The number of rotatable bonds is 12. The molecule has 2 atom stereocenters. The van der Waals surface area contributed by atoms with Gasteiger partial charge in [0.25, 0.3) is 0 Å². The lowest BCUT2D eigenvalue weighted by atomic mass is 9.86. The number of fused-ring (bicyclic) bond motifs is 1. The minimum atomic E-state index is -0.677. The van der Waals surface area contributed by atoms with Gasteiger partial charge in [0.05, 0.1) is 25.2 Å². The molecule has 1 aromatic carbocycles. The maximum absolute atomic E-state index is 12.4. The first-order valence-electron chi connectivity index (χ1n) is 11.8. The molecule has 0 spiro atoms. The summed E-state index contributed by atoms with van der Waals surface area (Å²) < 4.78 is 16.9. The van der Waals surface area contributed by atoms with Crippen molar-refractivity contribution in [3.8, 4) is 11.5 Å². The maximum atomic E-state index is 12.4. The van der Waals surface area contributed by atoms with Crippen molar-refractivity contribution in [2.75, 3.05) is 46.1 Å². The molecule has 174 valence electrons. The van der Waals surface area contributed by atoms with Gasteiger partial charge in [0.1, 0.15) is 13.2 Å². The summed E-state index contributed by atoms with van der Waals surface area (Å²) in [6.07, 6.45) is 5.78. The third-order valence-electron chi connectivity index (χ3n) is 6.23. The Balaban J connectivity index is 1.74. The largest absolute Gasteiger partial charge is 0.486 e. The van der Waals surface area contributed by atoms with Gasteiger partial charge in [-0.1, -0.05) is 32.6 Å². The minimum Gasteiger partial charge on any atom is -0.486 e. The molecule has 1 saturated heterocycles. The predicted octanol–water partition coefficient (Wildman–Crippen LogP) is 3.14. The first kappa shape index (κ1) is 23.8. The number of nitrogens with zero attached hydrogens (tertiary/aromatic N) is 1. The monoisotopic (exact) mass is 434 g/mol. The van der Waals surface area contributed by atoms with Crippen molar-refractivity contribution in [2.45, 2.75) is 63.9 Å². The van der Waals surface area contributed by atoms with Crippen LogP contribution in [0.15, 0.2) is 12.1 Å². The fourth-order valence-corrected chi connectivity index (χ4v) is 4.43. The Morgan fingerprint density at radius 2 is 1.68 bits per heavy atom. The molecule has 2 aliphatic heterocycles. The molecule has 1 aromatic rings. The number of benzene rings is 1. The highest BCUT2D eigenvalue weighted by Crippen LogP contribution is 2.40. The van der Waals surface area contributed by atoms with Crippen molar-refractivity contribution in [2.24, 2.45) is 5.73 Å². The van der Waals surface area contributed by atoms with Crippen LogP contribution in [-0.2, 0) is 9.53 Å². The topological polar surface area (TPSA) is 94.3 Å². The number of aliphatic hydroxyl groups is 1. The molecule has 31 heavy (non-hydrogen) atoms. The number of hydrogen-bond acceptors (Lipinski definition) is 6. The summed E-state index contributed by atoms with van der Waals surface area (Å²) >= 11 is 0. The summed E-state index contributed by atoms with van der Waals surface area (Å²) in [6.45, 7) is 7.47. The number of nitrogens with two attached hydrogens (primary N) is 1. The van der Waals surface area contributed by atoms with Crippen LogP contribution in [0.1, 0.15) is 75.0 Å². The molecule has 3 N–H and O–H groups in total. The van der Waals surface area contributed by atoms with E-state index in [4.69, 9.17) is 19.9 Å². The summed E-state index contributed by atoms with van der Waals surface area (Å²) in [7, 11) is 0. The Morgan fingerprint density at radius 1 is 1.00 bits per heavy atom. The fraction of sp³-hybridized carbons (Fsp3) is 0.708. The van der Waals surface area contributed by atoms with E-state index in [1.807, 2.05) is 12.1 Å². The van der Waals surface area contributed by atoms with Crippen LogP contribution in [0, 0.1) is 0 Å². The van der Waals surface area contributed by atoms with E-state index >= 15 is 0 Å². The lowest BCUT2D eigenvalue weighted by molar-refractivity contribution is -0.119. The highest BCUT2D eigenvalue weighted by Gasteiger charge is 2.27. The van der Waals surface area contributed by atoms with Crippen LogP contribution in [0.25, 0.3) is 0 Å². The standard InChI is InChI=1S/C24H38N2O5/c1-2-3-4-5-7-18(24(25)28)19-16-22-23(31-15-14-30-22)17-20(19)21(27)8-6-9-26-10-12-29-13-11-26/h16-18,21,27H,2-15H2,1H3,(H2,25,28). The zero-order valence-electron chi connectivity index (χ0n) is 18.8. The van der Waals surface area contributed by atoms with Crippen LogP contribution in [-0.4, -0.2) is 62.0 Å². The first-order valence-corrected chi connectivity index (χ1v) is 11.8. The lowest BCUT2D eigenvalue weighted by Gasteiger charge is -2.28. The minimum absolute atomic E-state index is 0.352. The van der Waals surface area contributed by atoms with Gasteiger partial charge in [-0.05, 0) is 49.1 Å². The van der Waals surface area contributed by atoms with Crippen molar-refractivity contribution in [3.05, 3.63) is 23.3 Å². The lowest BCUT2D eigenvalue weighted by Crippen LogP contribution is -2.36. The average molecular weight is 435 g/mol. The third-order valence-corrected chi connectivity index (χ3v) is 6.23. The van der Waals surface area contributed by atoms with Crippen molar-refractivity contribution in [1.29, 1.82) is 0 Å². The Labute approximate surface area is 185 Å². The Morgan fingerprint density at radius 3 is 2.32 bits per heavy atom. The second-order valence-electron chi connectivity index (χ2n) is 8.54. The third kappa shape index (κ3) is 6.82. The summed E-state index contributed by atoms with van der Waals surface area (Å²) in [5.74, 6) is 0.475. The van der Waals surface area contributed by atoms with Gasteiger partial charge in [0.2, 0.25) is 5.91 Å². The van der Waals surface area contributed by atoms with Gasteiger partial charge < -0.3 is 25.1 Å². The number of ether oxygens (including phenoxy) is 3.